The van der Waals surface area contributed by atoms with Gasteiger partial charge in [0.2, 0.25) is 0 Å². The molecule has 0 aliphatic carbocycles. The Balaban J connectivity index is 2.11. The monoisotopic (exact) mass is 259 g/mol. The lowest BCUT2D eigenvalue weighted by atomic mass is 10.1. The lowest BCUT2D eigenvalue weighted by molar-refractivity contribution is 0.866. The number of nitrogens with zero attached hydrogens (tertiary/aromatic N) is 2. The molecule has 3 nitrogen and oxygen atoms in total. The van der Waals surface area contributed by atoms with Crippen LogP contribution in [0.4, 0.5) is 0 Å². The molecule has 4 heteroatoms. The van der Waals surface area contributed by atoms with Crippen molar-refractivity contribution in [3.63, 3.8) is 0 Å². The minimum absolute atomic E-state index is 0.505. The molecule has 2 rings (SSSR count). The molecule has 18 heavy (non-hydrogen) atoms. The smallest absolute Gasteiger partial charge is 0.124 e. The van der Waals surface area contributed by atoms with Crippen molar-refractivity contribution >= 4 is 11.8 Å². The van der Waals surface area contributed by atoms with E-state index in [9.17, 15) is 0 Å². The number of hydrogen-bond donors (Lipinski definition) is 1. The molecular formula is C14H17N3S. The Hall–Kier alpha value is -1.39. The zero-order chi connectivity index (χ0) is 13.0. The molecule has 0 aliphatic heterocycles. The summed E-state index contributed by atoms with van der Waals surface area (Å²) in [6.45, 7) is 4.74. The van der Waals surface area contributed by atoms with Gasteiger partial charge in [-0.05, 0) is 25.5 Å². The standard InChI is InChI=1S/C14H17N3S/c1-10-5-11(2)7-12(6-10)9-18-14-13(8-15)3-4-16-17-14/h3-7H,8-9,15H2,1-2H3. The molecule has 0 aliphatic rings. The molecule has 0 radical (unpaired) electrons. The number of aromatic nitrogens is 2. The van der Waals surface area contributed by atoms with Crippen molar-refractivity contribution in [1.82, 2.24) is 10.2 Å². The summed E-state index contributed by atoms with van der Waals surface area (Å²) in [5.74, 6) is 0.897. The lowest BCUT2D eigenvalue weighted by Crippen LogP contribution is -2.01. The van der Waals surface area contributed by atoms with Gasteiger partial charge < -0.3 is 5.73 Å². The second kappa shape index (κ2) is 5.98. The summed E-state index contributed by atoms with van der Waals surface area (Å²) in [4.78, 5) is 0. The van der Waals surface area contributed by atoms with Gasteiger partial charge in [-0.3, -0.25) is 0 Å². The van der Waals surface area contributed by atoms with Crippen LogP contribution in [0, 0.1) is 13.8 Å². The summed E-state index contributed by atoms with van der Waals surface area (Å²) in [5.41, 5.74) is 10.6. The molecule has 0 atom stereocenters. The van der Waals surface area contributed by atoms with Crippen LogP contribution >= 0.6 is 11.8 Å². The molecule has 94 valence electrons. The highest BCUT2D eigenvalue weighted by Crippen LogP contribution is 2.24. The van der Waals surface area contributed by atoms with E-state index in [0.29, 0.717) is 6.54 Å². The van der Waals surface area contributed by atoms with E-state index < -0.39 is 0 Å². The molecule has 0 saturated heterocycles. The summed E-state index contributed by atoms with van der Waals surface area (Å²) in [6.07, 6.45) is 1.68. The first-order valence-electron chi connectivity index (χ1n) is 5.89. The summed E-state index contributed by atoms with van der Waals surface area (Å²) in [7, 11) is 0. The van der Waals surface area contributed by atoms with Crippen LogP contribution in [0.3, 0.4) is 0 Å². The van der Waals surface area contributed by atoms with Crippen LogP contribution in [0.2, 0.25) is 0 Å². The molecule has 0 fully saturated rings. The number of thioether (sulfide) groups is 1. The normalized spacial score (nSPS) is 10.6. The second-order valence-electron chi connectivity index (χ2n) is 4.35. The Morgan fingerprint density at radius 1 is 1.17 bits per heavy atom. The Morgan fingerprint density at radius 3 is 2.56 bits per heavy atom. The molecule has 1 heterocycles. The minimum atomic E-state index is 0.505. The van der Waals surface area contributed by atoms with Gasteiger partial charge in [-0.25, -0.2) is 0 Å². The average Bonchev–Trinajstić information content (AvgIpc) is 2.35. The predicted molar refractivity (Wildman–Crippen MR) is 75.4 cm³/mol. The van der Waals surface area contributed by atoms with E-state index in [1.807, 2.05) is 6.07 Å². The average molecular weight is 259 g/mol. The zero-order valence-corrected chi connectivity index (χ0v) is 11.5. The van der Waals surface area contributed by atoms with Crippen LogP contribution in [0.1, 0.15) is 22.3 Å². The largest absolute Gasteiger partial charge is 0.326 e. The zero-order valence-electron chi connectivity index (χ0n) is 10.7. The Bertz CT molecular complexity index is 520. The first-order valence-corrected chi connectivity index (χ1v) is 6.88. The molecule has 1 aromatic heterocycles. The molecule has 2 aromatic rings. The summed E-state index contributed by atoms with van der Waals surface area (Å²) in [5, 5.41) is 8.99. The van der Waals surface area contributed by atoms with Gasteiger partial charge in [0.25, 0.3) is 0 Å². The SMILES string of the molecule is Cc1cc(C)cc(CSc2nnccc2CN)c1. The summed E-state index contributed by atoms with van der Waals surface area (Å²) in [6, 6.07) is 8.52. The maximum absolute atomic E-state index is 5.69. The van der Waals surface area contributed by atoms with Gasteiger partial charge in [0, 0.05) is 24.1 Å². The molecule has 0 amide bonds. The van der Waals surface area contributed by atoms with E-state index in [0.717, 1.165) is 16.3 Å². The van der Waals surface area contributed by atoms with E-state index in [-0.39, 0.29) is 0 Å². The van der Waals surface area contributed by atoms with Crippen molar-refractivity contribution in [2.24, 2.45) is 5.73 Å². The number of benzene rings is 1. The first kappa shape index (κ1) is 13.1. The molecular weight excluding hydrogens is 242 g/mol. The summed E-state index contributed by atoms with van der Waals surface area (Å²) >= 11 is 1.69. The maximum atomic E-state index is 5.69. The lowest BCUT2D eigenvalue weighted by Gasteiger charge is -2.06. The highest BCUT2D eigenvalue weighted by atomic mass is 32.2. The van der Waals surface area contributed by atoms with Crippen molar-refractivity contribution in [3.8, 4) is 0 Å². The molecule has 0 spiro atoms. The third-order valence-electron chi connectivity index (χ3n) is 2.64. The third-order valence-corrected chi connectivity index (χ3v) is 3.74. The van der Waals surface area contributed by atoms with Crippen molar-refractivity contribution in [3.05, 3.63) is 52.7 Å². The van der Waals surface area contributed by atoms with E-state index in [1.165, 1.54) is 16.7 Å². The van der Waals surface area contributed by atoms with Crippen molar-refractivity contribution in [2.45, 2.75) is 31.2 Å². The fraction of sp³-hybridized carbons (Fsp3) is 0.286. The van der Waals surface area contributed by atoms with Crippen LogP contribution in [0.15, 0.2) is 35.5 Å². The van der Waals surface area contributed by atoms with E-state index in [2.05, 4.69) is 42.2 Å². The van der Waals surface area contributed by atoms with Gasteiger partial charge in [0.05, 0.1) is 0 Å². The van der Waals surface area contributed by atoms with Crippen LogP contribution in [0.25, 0.3) is 0 Å². The second-order valence-corrected chi connectivity index (χ2v) is 5.31. The molecule has 0 saturated carbocycles. The van der Waals surface area contributed by atoms with Gasteiger partial charge in [-0.15, -0.1) is 5.10 Å². The van der Waals surface area contributed by atoms with Crippen molar-refractivity contribution < 1.29 is 0 Å². The van der Waals surface area contributed by atoms with Crippen molar-refractivity contribution in [1.29, 1.82) is 0 Å². The fourth-order valence-corrected chi connectivity index (χ4v) is 2.84. The number of aryl methyl sites for hydroxylation is 2. The fourth-order valence-electron chi connectivity index (χ4n) is 1.93. The Morgan fingerprint density at radius 2 is 1.89 bits per heavy atom. The third kappa shape index (κ3) is 3.31. The number of hydrogen-bond acceptors (Lipinski definition) is 4. The van der Waals surface area contributed by atoms with Gasteiger partial charge in [0.1, 0.15) is 5.03 Å². The van der Waals surface area contributed by atoms with Gasteiger partial charge in [-0.1, -0.05) is 41.1 Å². The quantitative estimate of drug-likeness (QED) is 0.858. The molecule has 1 aromatic carbocycles. The maximum Gasteiger partial charge on any atom is 0.124 e. The minimum Gasteiger partial charge on any atom is -0.326 e. The Labute approximate surface area is 112 Å². The number of rotatable bonds is 4. The number of nitrogens with two attached hydrogens (primary N) is 1. The first-order chi connectivity index (χ1) is 8.69. The van der Waals surface area contributed by atoms with Crippen molar-refractivity contribution in [2.75, 3.05) is 0 Å². The highest BCUT2D eigenvalue weighted by Gasteiger charge is 2.04. The van der Waals surface area contributed by atoms with E-state index >= 15 is 0 Å². The topological polar surface area (TPSA) is 51.8 Å². The van der Waals surface area contributed by atoms with Gasteiger partial charge >= 0.3 is 0 Å². The van der Waals surface area contributed by atoms with E-state index in [1.54, 1.807) is 18.0 Å². The van der Waals surface area contributed by atoms with Crippen LogP contribution in [-0.2, 0) is 12.3 Å². The van der Waals surface area contributed by atoms with Crippen LogP contribution < -0.4 is 5.73 Å². The molecule has 2 N–H and O–H groups in total. The van der Waals surface area contributed by atoms with Gasteiger partial charge in [0.15, 0.2) is 0 Å². The molecule has 0 bridgehead atoms. The van der Waals surface area contributed by atoms with Crippen LogP contribution in [-0.4, -0.2) is 10.2 Å². The Kier molecular flexibility index (Phi) is 4.33. The van der Waals surface area contributed by atoms with Crippen LogP contribution in [0.5, 0.6) is 0 Å². The predicted octanol–water partition coefficient (Wildman–Crippen LogP) is 2.84. The summed E-state index contributed by atoms with van der Waals surface area (Å²) < 4.78 is 0. The molecule has 0 unspecified atom stereocenters. The van der Waals surface area contributed by atoms with Gasteiger partial charge in [-0.2, -0.15) is 5.10 Å². The van der Waals surface area contributed by atoms with E-state index in [4.69, 9.17) is 5.73 Å². The highest BCUT2D eigenvalue weighted by molar-refractivity contribution is 7.98.